The summed E-state index contributed by atoms with van der Waals surface area (Å²) in [4.78, 5) is 4.12. The zero-order chi connectivity index (χ0) is 15.5. The Kier molecular flexibility index (Phi) is 4.67. The average molecular weight is 358 g/mol. The van der Waals surface area contributed by atoms with Crippen LogP contribution in [-0.2, 0) is 12.7 Å². The molecule has 2 aromatic carbocycles. The smallest absolute Gasteiger partial charge is 0.416 e. The van der Waals surface area contributed by atoms with Gasteiger partial charge in [-0.15, -0.1) is 0 Å². The van der Waals surface area contributed by atoms with E-state index in [0.29, 0.717) is 11.1 Å². The summed E-state index contributed by atoms with van der Waals surface area (Å²) < 4.78 is 38.0. The molecule has 0 amide bonds. The predicted molar refractivity (Wildman–Crippen MR) is 78.5 cm³/mol. The predicted octanol–water partition coefficient (Wildman–Crippen LogP) is 4.79. The van der Waals surface area contributed by atoms with Gasteiger partial charge in [0.1, 0.15) is 5.75 Å². The fourth-order valence-corrected chi connectivity index (χ4v) is 2.06. The zero-order valence-electron chi connectivity index (χ0n) is 10.7. The van der Waals surface area contributed by atoms with Crippen molar-refractivity contribution in [1.29, 1.82) is 0 Å². The van der Waals surface area contributed by atoms with E-state index < -0.39 is 11.7 Å². The van der Waals surface area contributed by atoms with Gasteiger partial charge < -0.3 is 5.11 Å². The maximum Gasteiger partial charge on any atom is 0.416 e. The maximum absolute atomic E-state index is 12.4. The lowest BCUT2D eigenvalue weighted by Gasteiger charge is -2.06. The largest absolute Gasteiger partial charge is 0.507 e. The molecule has 0 radical (unpaired) electrons. The summed E-state index contributed by atoms with van der Waals surface area (Å²) in [5.41, 5.74) is 0.518. The summed E-state index contributed by atoms with van der Waals surface area (Å²) in [7, 11) is 0. The molecule has 2 rings (SSSR count). The van der Waals surface area contributed by atoms with E-state index in [9.17, 15) is 18.3 Å². The topological polar surface area (TPSA) is 32.6 Å². The van der Waals surface area contributed by atoms with E-state index in [4.69, 9.17) is 0 Å². The molecule has 6 heteroatoms. The molecule has 0 heterocycles. The van der Waals surface area contributed by atoms with Crippen LogP contribution in [-0.4, -0.2) is 11.3 Å². The minimum absolute atomic E-state index is 0.0920. The molecule has 0 saturated heterocycles. The van der Waals surface area contributed by atoms with Gasteiger partial charge in [0, 0.05) is 16.3 Å². The van der Waals surface area contributed by atoms with Crippen LogP contribution in [0.15, 0.2) is 51.9 Å². The lowest BCUT2D eigenvalue weighted by Crippen LogP contribution is -2.04. The molecule has 0 saturated carbocycles. The molecule has 0 aliphatic heterocycles. The van der Waals surface area contributed by atoms with E-state index in [2.05, 4.69) is 20.9 Å². The molecule has 2 nitrogen and oxygen atoms in total. The number of aromatic hydroxyl groups is 1. The monoisotopic (exact) mass is 357 g/mol. The second-order valence-corrected chi connectivity index (χ2v) is 5.28. The van der Waals surface area contributed by atoms with Gasteiger partial charge in [-0.25, -0.2) is 0 Å². The van der Waals surface area contributed by atoms with Gasteiger partial charge >= 0.3 is 6.18 Å². The minimum atomic E-state index is -4.33. The number of hydrogen-bond acceptors (Lipinski definition) is 2. The summed E-state index contributed by atoms with van der Waals surface area (Å²) in [5, 5.41) is 9.62. The Bertz CT molecular complexity index is 651. The molecule has 0 atom stereocenters. The first-order chi connectivity index (χ1) is 9.86. The normalized spacial score (nSPS) is 12.0. The lowest BCUT2D eigenvalue weighted by molar-refractivity contribution is -0.137. The molecule has 21 heavy (non-hydrogen) atoms. The van der Waals surface area contributed by atoms with Crippen molar-refractivity contribution >= 4 is 22.1 Å². The fraction of sp³-hybridized carbons (Fsp3) is 0.133. The van der Waals surface area contributed by atoms with Gasteiger partial charge in [-0.05, 0) is 35.9 Å². The number of hydrogen-bond donors (Lipinski definition) is 1. The Morgan fingerprint density at radius 1 is 1.10 bits per heavy atom. The molecular weight excluding hydrogens is 347 g/mol. The van der Waals surface area contributed by atoms with Gasteiger partial charge in [-0.1, -0.05) is 28.1 Å². The van der Waals surface area contributed by atoms with Crippen molar-refractivity contribution < 1.29 is 18.3 Å². The quantitative estimate of drug-likeness (QED) is 0.786. The molecule has 0 aliphatic rings. The number of halogens is 4. The number of nitrogens with zero attached hydrogens (tertiary/aromatic N) is 1. The van der Waals surface area contributed by atoms with E-state index in [-0.39, 0.29) is 12.3 Å². The Hall–Kier alpha value is -1.82. The van der Waals surface area contributed by atoms with Crippen LogP contribution in [0.5, 0.6) is 5.75 Å². The number of alkyl halides is 3. The highest BCUT2D eigenvalue weighted by Crippen LogP contribution is 2.29. The molecule has 2 aromatic rings. The Balaban J connectivity index is 2.06. The van der Waals surface area contributed by atoms with Crippen LogP contribution in [0, 0.1) is 0 Å². The van der Waals surface area contributed by atoms with Crippen LogP contribution in [0.1, 0.15) is 16.7 Å². The standard InChI is InChI=1S/C15H11BrF3NO/c16-13-5-6-14(21)11(7-13)9-20-8-10-1-3-12(4-2-10)15(17,18)19/h1-7,9,21H,8H2. The number of rotatable bonds is 3. The van der Waals surface area contributed by atoms with Crippen molar-refractivity contribution in [3.8, 4) is 5.75 Å². The van der Waals surface area contributed by atoms with E-state index in [1.54, 1.807) is 12.1 Å². The first-order valence-corrected chi connectivity index (χ1v) is 6.80. The Morgan fingerprint density at radius 3 is 2.38 bits per heavy atom. The van der Waals surface area contributed by atoms with Crippen molar-refractivity contribution in [1.82, 2.24) is 0 Å². The van der Waals surface area contributed by atoms with E-state index in [1.807, 2.05) is 0 Å². The minimum Gasteiger partial charge on any atom is -0.507 e. The highest BCUT2D eigenvalue weighted by molar-refractivity contribution is 9.10. The maximum atomic E-state index is 12.4. The van der Waals surface area contributed by atoms with Gasteiger partial charge in [0.15, 0.2) is 0 Å². The van der Waals surface area contributed by atoms with Crippen LogP contribution < -0.4 is 0 Å². The van der Waals surface area contributed by atoms with Crippen LogP contribution in [0.4, 0.5) is 13.2 Å². The molecule has 0 bridgehead atoms. The fourth-order valence-electron chi connectivity index (χ4n) is 1.68. The summed E-state index contributed by atoms with van der Waals surface area (Å²) in [6.45, 7) is 0.240. The molecule has 0 spiro atoms. The summed E-state index contributed by atoms with van der Waals surface area (Å²) in [6, 6.07) is 9.77. The molecule has 1 N–H and O–H groups in total. The van der Waals surface area contributed by atoms with Gasteiger partial charge in [-0.2, -0.15) is 13.2 Å². The highest BCUT2D eigenvalue weighted by atomic mass is 79.9. The van der Waals surface area contributed by atoms with Gasteiger partial charge in [0.2, 0.25) is 0 Å². The van der Waals surface area contributed by atoms with E-state index >= 15 is 0 Å². The zero-order valence-corrected chi connectivity index (χ0v) is 12.3. The van der Waals surface area contributed by atoms with Crippen molar-refractivity contribution in [3.05, 3.63) is 63.6 Å². The van der Waals surface area contributed by atoms with E-state index in [1.165, 1.54) is 24.4 Å². The second-order valence-electron chi connectivity index (χ2n) is 4.37. The summed E-state index contributed by atoms with van der Waals surface area (Å²) >= 11 is 3.28. The molecule has 0 aliphatic carbocycles. The van der Waals surface area contributed by atoms with Gasteiger partial charge in [0.05, 0.1) is 12.1 Å². The first kappa shape index (κ1) is 15.6. The van der Waals surface area contributed by atoms with Crippen molar-refractivity contribution in [2.45, 2.75) is 12.7 Å². The summed E-state index contributed by atoms with van der Waals surface area (Å²) in [5.74, 6) is 0.0920. The molecule has 0 unspecified atom stereocenters. The highest BCUT2D eigenvalue weighted by Gasteiger charge is 2.29. The van der Waals surface area contributed by atoms with Crippen molar-refractivity contribution in [2.75, 3.05) is 0 Å². The van der Waals surface area contributed by atoms with Crippen LogP contribution in [0.3, 0.4) is 0 Å². The van der Waals surface area contributed by atoms with Crippen LogP contribution in [0.2, 0.25) is 0 Å². The first-order valence-electron chi connectivity index (χ1n) is 6.01. The molecule has 0 fully saturated rings. The summed E-state index contributed by atoms with van der Waals surface area (Å²) in [6.07, 6.45) is -2.85. The molecule has 110 valence electrons. The van der Waals surface area contributed by atoms with Crippen LogP contribution >= 0.6 is 15.9 Å². The number of phenolic OH excluding ortho intramolecular Hbond substituents is 1. The van der Waals surface area contributed by atoms with Crippen molar-refractivity contribution in [2.24, 2.45) is 4.99 Å². The van der Waals surface area contributed by atoms with Gasteiger partial charge in [0.25, 0.3) is 0 Å². The molecule has 0 aromatic heterocycles. The molecular formula is C15H11BrF3NO. The third-order valence-electron chi connectivity index (χ3n) is 2.78. The van der Waals surface area contributed by atoms with E-state index in [0.717, 1.165) is 16.6 Å². The third kappa shape index (κ3) is 4.32. The van der Waals surface area contributed by atoms with Gasteiger partial charge in [-0.3, -0.25) is 4.99 Å². The Morgan fingerprint density at radius 2 is 1.76 bits per heavy atom. The van der Waals surface area contributed by atoms with Crippen LogP contribution in [0.25, 0.3) is 0 Å². The second kappa shape index (κ2) is 6.30. The Labute approximate surface area is 128 Å². The average Bonchev–Trinajstić information content (AvgIpc) is 2.42. The van der Waals surface area contributed by atoms with Crippen molar-refractivity contribution in [3.63, 3.8) is 0 Å². The number of phenols is 1. The number of aliphatic imine (C=N–C) groups is 1. The third-order valence-corrected chi connectivity index (χ3v) is 3.27. The SMILES string of the molecule is Oc1ccc(Br)cc1C=NCc1ccc(C(F)(F)F)cc1. The number of benzene rings is 2. The lowest BCUT2D eigenvalue weighted by atomic mass is 10.1.